The Morgan fingerprint density at radius 3 is 2.69 bits per heavy atom. The molecule has 6 heteroatoms. The van der Waals surface area contributed by atoms with Gasteiger partial charge >= 0.3 is 5.97 Å². The van der Waals surface area contributed by atoms with E-state index in [0.29, 0.717) is 5.56 Å². The first-order valence-corrected chi connectivity index (χ1v) is 4.19. The molecule has 70 valence electrons. The van der Waals surface area contributed by atoms with E-state index in [-0.39, 0.29) is 10.3 Å². The van der Waals surface area contributed by atoms with Crippen LogP contribution in [0.15, 0.2) is 6.07 Å². The van der Waals surface area contributed by atoms with E-state index in [4.69, 9.17) is 28.3 Å². The molecule has 0 aromatic carbocycles. The Bertz CT molecular complexity index is 343. The summed E-state index contributed by atoms with van der Waals surface area (Å²) in [5.41, 5.74) is 0.370. The van der Waals surface area contributed by atoms with Gasteiger partial charge in [0.15, 0.2) is 10.3 Å². The number of rotatable bonds is 2. The van der Waals surface area contributed by atoms with Crippen LogP contribution in [-0.4, -0.2) is 21.3 Å². The molecule has 0 saturated carbocycles. The average Bonchev–Trinajstić information content (AvgIpc) is 2.08. The Kier molecular flexibility index (Phi) is 3.06. The molecule has 1 unspecified atom stereocenters. The summed E-state index contributed by atoms with van der Waals surface area (Å²) in [4.78, 5) is 10.6. The SMILES string of the molecule is CC(C(=O)O)c1cc(Cl)nnc1Cl. The number of halogens is 2. The summed E-state index contributed by atoms with van der Waals surface area (Å²) in [6, 6.07) is 1.40. The molecule has 0 radical (unpaired) electrons. The van der Waals surface area contributed by atoms with Crippen molar-refractivity contribution in [1.82, 2.24) is 10.2 Å². The molecule has 1 aromatic rings. The van der Waals surface area contributed by atoms with Gasteiger partial charge in [0.05, 0.1) is 5.92 Å². The number of carboxylic acid groups (broad SMARTS) is 1. The molecule has 1 N–H and O–H groups in total. The smallest absolute Gasteiger partial charge is 0.310 e. The van der Waals surface area contributed by atoms with Crippen molar-refractivity contribution in [2.75, 3.05) is 0 Å². The van der Waals surface area contributed by atoms with Crippen molar-refractivity contribution in [3.05, 3.63) is 21.9 Å². The molecule has 0 amide bonds. The van der Waals surface area contributed by atoms with Crippen LogP contribution in [0.2, 0.25) is 10.3 Å². The van der Waals surface area contributed by atoms with Gasteiger partial charge in [-0.3, -0.25) is 4.79 Å². The van der Waals surface area contributed by atoms with Gasteiger partial charge in [0, 0.05) is 5.56 Å². The monoisotopic (exact) mass is 220 g/mol. The molecule has 13 heavy (non-hydrogen) atoms. The highest BCUT2D eigenvalue weighted by molar-refractivity contribution is 6.32. The van der Waals surface area contributed by atoms with Crippen LogP contribution < -0.4 is 0 Å². The highest BCUT2D eigenvalue weighted by Gasteiger charge is 2.18. The number of hydrogen-bond donors (Lipinski definition) is 1. The largest absolute Gasteiger partial charge is 0.481 e. The van der Waals surface area contributed by atoms with Crippen molar-refractivity contribution in [3.8, 4) is 0 Å². The molecule has 1 atom stereocenters. The number of aromatic nitrogens is 2. The maximum absolute atomic E-state index is 10.6. The summed E-state index contributed by atoms with van der Waals surface area (Å²) in [5.74, 6) is -1.72. The highest BCUT2D eigenvalue weighted by Crippen LogP contribution is 2.23. The van der Waals surface area contributed by atoms with E-state index in [0.717, 1.165) is 0 Å². The van der Waals surface area contributed by atoms with Gasteiger partial charge in [0.25, 0.3) is 0 Å². The third kappa shape index (κ3) is 2.29. The van der Waals surface area contributed by atoms with Crippen molar-refractivity contribution < 1.29 is 9.90 Å². The summed E-state index contributed by atoms with van der Waals surface area (Å²) >= 11 is 11.2. The maximum Gasteiger partial charge on any atom is 0.310 e. The van der Waals surface area contributed by atoms with Gasteiger partial charge in [0.2, 0.25) is 0 Å². The third-order valence-electron chi connectivity index (χ3n) is 1.58. The third-order valence-corrected chi connectivity index (χ3v) is 2.06. The standard InChI is InChI=1S/C7H6Cl2N2O2/c1-3(7(12)13)4-2-5(8)10-11-6(4)9/h2-3H,1H3,(H,12,13). The van der Waals surface area contributed by atoms with Gasteiger partial charge in [0.1, 0.15) is 0 Å². The lowest BCUT2D eigenvalue weighted by Gasteiger charge is -2.06. The van der Waals surface area contributed by atoms with Crippen molar-refractivity contribution in [2.45, 2.75) is 12.8 Å². The van der Waals surface area contributed by atoms with Crippen molar-refractivity contribution in [2.24, 2.45) is 0 Å². The molecule has 0 aliphatic rings. The summed E-state index contributed by atoms with van der Waals surface area (Å²) in [6.07, 6.45) is 0. The topological polar surface area (TPSA) is 63.1 Å². The van der Waals surface area contributed by atoms with Crippen LogP contribution in [0.4, 0.5) is 0 Å². The van der Waals surface area contributed by atoms with Crippen LogP contribution in [0.25, 0.3) is 0 Å². The van der Waals surface area contributed by atoms with Crippen molar-refractivity contribution >= 4 is 29.2 Å². The van der Waals surface area contributed by atoms with Crippen LogP contribution in [0.5, 0.6) is 0 Å². The minimum Gasteiger partial charge on any atom is -0.481 e. The Morgan fingerprint density at radius 1 is 1.54 bits per heavy atom. The molecular weight excluding hydrogens is 215 g/mol. The summed E-state index contributed by atoms with van der Waals surface area (Å²) in [7, 11) is 0. The van der Waals surface area contributed by atoms with Gasteiger partial charge < -0.3 is 5.11 Å². The van der Waals surface area contributed by atoms with Crippen molar-refractivity contribution in [3.63, 3.8) is 0 Å². The van der Waals surface area contributed by atoms with Crippen LogP contribution >= 0.6 is 23.2 Å². The Hall–Kier alpha value is -0.870. The molecule has 0 aliphatic heterocycles. The highest BCUT2D eigenvalue weighted by atomic mass is 35.5. The fraction of sp³-hybridized carbons (Fsp3) is 0.286. The minimum absolute atomic E-state index is 0.0688. The molecule has 4 nitrogen and oxygen atoms in total. The molecule has 0 saturated heterocycles. The van der Waals surface area contributed by atoms with Gasteiger partial charge in [-0.1, -0.05) is 23.2 Å². The fourth-order valence-corrected chi connectivity index (χ4v) is 1.21. The Balaban J connectivity index is 3.12. The molecule has 1 aromatic heterocycles. The summed E-state index contributed by atoms with van der Waals surface area (Å²) in [5, 5.41) is 15.9. The zero-order valence-electron chi connectivity index (χ0n) is 6.66. The van der Waals surface area contributed by atoms with Gasteiger partial charge in [-0.15, -0.1) is 10.2 Å². The normalized spacial score (nSPS) is 12.5. The van der Waals surface area contributed by atoms with Gasteiger partial charge in [-0.25, -0.2) is 0 Å². The fourth-order valence-electron chi connectivity index (χ4n) is 0.803. The van der Waals surface area contributed by atoms with Crippen LogP contribution in [-0.2, 0) is 4.79 Å². The summed E-state index contributed by atoms with van der Waals surface area (Å²) in [6.45, 7) is 1.50. The van der Waals surface area contributed by atoms with E-state index in [2.05, 4.69) is 10.2 Å². The zero-order valence-corrected chi connectivity index (χ0v) is 8.17. The Labute approximate surface area is 84.5 Å². The maximum atomic E-state index is 10.6. The predicted molar refractivity (Wildman–Crippen MR) is 48.1 cm³/mol. The number of nitrogens with zero attached hydrogens (tertiary/aromatic N) is 2. The lowest BCUT2D eigenvalue weighted by molar-refractivity contribution is -0.138. The van der Waals surface area contributed by atoms with E-state index < -0.39 is 11.9 Å². The second kappa shape index (κ2) is 3.89. The van der Waals surface area contributed by atoms with E-state index in [1.54, 1.807) is 0 Å². The number of carboxylic acids is 1. The van der Waals surface area contributed by atoms with Gasteiger partial charge in [-0.2, -0.15) is 0 Å². The van der Waals surface area contributed by atoms with E-state index in [9.17, 15) is 4.79 Å². The lowest BCUT2D eigenvalue weighted by Crippen LogP contribution is -2.09. The van der Waals surface area contributed by atoms with Crippen LogP contribution in [0.1, 0.15) is 18.4 Å². The number of carbonyl (C=O) groups is 1. The zero-order chi connectivity index (χ0) is 10.0. The van der Waals surface area contributed by atoms with Gasteiger partial charge in [-0.05, 0) is 13.0 Å². The molecule has 0 bridgehead atoms. The van der Waals surface area contributed by atoms with Crippen LogP contribution in [0.3, 0.4) is 0 Å². The Morgan fingerprint density at radius 2 is 2.15 bits per heavy atom. The molecule has 1 rings (SSSR count). The first-order chi connectivity index (χ1) is 6.02. The number of hydrogen-bond acceptors (Lipinski definition) is 3. The lowest BCUT2D eigenvalue weighted by atomic mass is 10.0. The van der Waals surface area contributed by atoms with Crippen molar-refractivity contribution in [1.29, 1.82) is 0 Å². The second-order valence-electron chi connectivity index (χ2n) is 2.47. The van der Waals surface area contributed by atoms with E-state index in [1.165, 1.54) is 13.0 Å². The summed E-state index contributed by atoms with van der Waals surface area (Å²) < 4.78 is 0. The first-order valence-electron chi connectivity index (χ1n) is 3.43. The average molecular weight is 221 g/mol. The molecular formula is C7H6Cl2N2O2. The van der Waals surface area contributed by atoms with Crippen LogP contribution in [0, 0.1) is 0 Å². The number of aliphatic carboxylic acids is 1. The van der Waals surface area contributed by atoms with E-state index in [1.807, 2.05) is 0 Å². The van der Waals surface area contributed by atoms with E-state index >= 15 is 0 Å². The quantitative estimate of drug-likeness (QED) is 0.829. The predicted octanol–water partition coefficient (Wildman–Crippen LogP) is 1.97. The minimum atomic E-state index is -0.981. The second-order valence-corrected chi connectivity index (χ2v) is 3.22. The molecule has 0 aliphatic carbocycles. The molecule has 0 fully saturated rings. The first kappa shape index (κ1) is 10.2. The molecule has 1 heterocycles. The molecule has 0 spiro atoms.